The molecule has 2 heterocycles. The molecule has 0 atom stereocenters. The van der Waals surface area contributed by atoms with E-state index in [1.54, 1.807) is 0 Å². The van der Waals surface area contributed by atoms with Crippen molar-refractivity contribution in [1.29, 1.82) is 0 Å². The summed E-state index contributed by atoms with van der Waals surface area (Å²) in [5, 5.41) is 5.35. The SMILES string of the molecule is O=C(NCCN1CCOCC1)c1ccnc(Nc2ccc(F)c(F)c2F)c1. The first-order valence-corrected chi connectivity index (χ1v) is 8.49. The fourth-order valence-corrected chi connectivity index (χ4v) is 2.65. The van der Waals surface area contributed by atoms with Crippen molar-refractivity contribution in [2.45, 2.75) is 0 Å². The summed E-state index contributed by atoms with van der Waals surface area (Å²) in [4.78, 5) is 18.4. The number of hydrogen-bond acceptors (Lipinski definition) is 5. The fraction of sp³-hybridized carbons (Fsp3) is 0.333. The third-order valence-corrected chi connectivity index (χ3v) is 4.14. The monoisotopic (exact) mass is 380 g/mol. The number of benzene rings is 1. The first-order valence-electron chi connectivity index (χ1n) is 8.49. The number of aromatic nitrogens is 1. The van der Waals surface area contributed by atoms with Crippen LogP contribution >= 0.6 is 0 Å². The summed E-state index contributed by atoms with van der Waals surface area (Å²) in [5.41, 5.74) is 0.0451. The minimum Gasteiger partial charge on any atom is -0.379 e. The predicted molar refractivity (Wildman–Crippen MR) is 93.4 cm³/mol. The van der Waals surface area contributed by atoms with Gasteiger partial charge in [0.1, 0.15) is 5.82 Å². The average Bonchev–Trinajstić information content (AvgIpc) is 2.69. The van der Waals surface area contributed by atoms with Gasteiger partial charge < -0.3 is 15.4 Å². The van der Waals surface area contributed by atoms with Crippen LogP contribution in [0.3, 0.4) is 0 Å². The summed E-state index contributed by atoms with van der Waals surface area (Å²) in [5.74, 6) is -4.37. The molecule has 1 amide bonds. The van der Waals surface area contributed by atoms with Crippen molar-refractivity contribution in [2.24, 2.45) is 0 Å². The van der Waals surface area contributed by atoms with Crippen LogP contribution in [0.2, 0.25) is 0 Å². The molecule has 27 heavy (non-hydrogen) atoms. The molecular weight excluding hydrogens is 361 g/mol. The van der Waals surface area contributed by atoms with Crippen LogP contribution < -0.4 is 10.6 Å². The van der Waals surface area contributed by atoms with Crippen molar-refractivity contribution in [3.63, 3.8) is 0 Å². The normalized spacial score (nSPS) is 14.8. The lowest BCUT2D eigenvalue weighted by atomic mass is 10.2. The Morgan fingerprint density at radius 1 is 1.15 bits per heavy atom. The Kier molecular flexibility index (Phi) is 6.25. The van der Waals surface area contributed by atoms with E-state index in [2.05, 4.69) is 20.5 Å². The third kappa shape index (κ3) is 4.95. The lowest BCUT2D eigenvalue weighted by molar-refractivity contribution is 0.0383. The number of ether oxygens (including phenoxy) is 1. The van der Waals surface area contributed by atoms with Crippen LogP contribution in [-0.4, -0.2) is 55.2 Å². The average molecular weight is 380 g/mol. The molecule has 0 saturated carbocycles. The Labute approximate surface area is 154 Å². The van der Waals surface area contributed by atoms with Crippen LogP contribution in [0.4, 0.5) is 24.7 Å². The first kappa shape index (κ1) is 19.1. The van der Waals surface area contributed by atoms with Crippen LogP contribution in [0.15, 0.2) is 30.5 Å². The maximum Gasteiger partial charge on any atom is 0.251 e. The van der Waals surface area contributed by atoms with Gasteiger partial charge in [-0.05, 0) is 24.3 Å². The van der Waals surface area contributed by atoms with E-state index in [1.807, 2.05) is 0 Å². The molecule has 144 valence electrons. The number of hydrogen-bond donors (Lipinski definition) is 2. The van der Waals surface area contributed by atoms with E-state index in [1.165, 1.54) is 18.3 Å². The number of morpholine rings is 1. The number of halogens is 3. The molecular formula is C18H19F3N4O2. The van der Waals surface area contributed by atoms with E-state index >= 15 is 0 Å². The van der Waals surface area contributed by atoms with Crippen molar-refractivity contribution in [3.05, 3.63) is 53.5 Å². The van der Waals surface area contributed by atoms with Crippen molar-refractivity contribution in [3.8, 4) is 0 Å². The second-order valence-electron chi connectivity index (χ2n) is 5.99. The molecule has 2 N–H and O–H groups in total. The van der Waals surface area contributed by atoms with Crippen molar-refractivity contribution < 1.29 is 22.7 Å². The summed E-state index contributed by atoms with van der Waals surface area (Å²) < 4.78 is 45.3. The van der Waals surface area contributed by atoms with Gasteiger partial charge in [0, 0.05) is 37.9 Å². The van der Waals surface area contributed by atoms with Gasteiger partial charge in [-0.2, -0.15) is 0 Å². The minimum atomic E-state index is -1.57. The molecule has 1 aliphatic heterocycles. The molecule has 1 aromatic carbocycles. The van der Waals surface area contributed by atoms with Gasteiger partial charge in [-0.1, -0.05) is 0 Å². The van der Waals surface area contributed by atoms with Gasteiger partial charge in [0.2, 0.25) is 0 Å². The molecule has 0 radical (unpaired) electrons. The van der Waals surface area contributed by atoms with Crippen LogP contribution in [0.5, 0.6) is 0 Å². The molecule has 1 saturated heterocycles. The zero-order valence-electron chi connectivity index (χ0n) is 14.5. The number of amides is 1. The summed E-state index contributed by atoms with van der Waals surface area (Å²) in [7, 11) is 0. The number of pyridine rings is 1. The maximum atomic E-state index is 13.8. The highest BCUT2D eigenvalue weighted by Gasteiger charge is 2.15. The summed E-state index contributed by atoms with van der Waals surface area (Å²) in [6.07, 6.45) is 1.37. The molecule has 0 bridgehead atoms. The summed E-state index contributed by atoms with van der Waals surface area (Å²) in [6, 6.07) is 4.79. The Balaban J connectivity index is 1.59. The number of nitrogens with one attached hydrogen (secondary N) is 2. The Morgan fingerprint density at radius 3 is 2.70 bits per heavy atom. The highest BCUT2D eigenvalue weighted by atomic mass is 19.2. The van der Waals surface area contributed by atoms with Gasteiger partial charge in [0.05, 0.1) is 18.9 Å². The van der Waals surface area contributed by atoms with Crippen molar-refractivity contribution in [2.75, 3.05) is 44.7 Å². The number of rotatable bonds is 6. The van der Waals surface area contributed by atoms with Gasteiger partial charge in [-0.25, -0.2) is 18.2 Å². The topological polar surface area (TPSA) is 66.5 Å². The van der Waals surface area contributed by atoms with Gasteiger partial charge in [-0.3, -0.25) is 9.69 Å². The van der Waals surface area contributed by atoms with Crippen LogP contribution in [0.1, 0.15) is 10.4 Å². The molecule has 0 aliphatic carbocycles. The van der Waals surface area contributed by atoms with E-state index in [0.29, 0.717) is 31.9 Å². The van der Waals surface area contributed by atoms with E-state index < -0.39 is 17.5 Å². The van der Waals surface area contributed by atoms with Crippen molar-refractivity contribution >= 4 is 17.4 Å². The van der Waals surface area contributed by atoms with Gasteiger partial charge >= 0.3 is 0 Å². The molecule has 1 aliphatic rings. The lowest BCUT2D eigenvalue weighted by Gasteiger charge is -2.26. The zero-order chi connectivity index (χ0) is 19.2. The molecule has 3 rings (SSSR count). The van der Waals surface area contributed by atoms with Gasteiger partial charge in [-0.15, -0.1) is 0 Å². The van der Waals surface area contributed by atoms with Gasteiger partial charge in [0.25, 0.3) is 5.91 Å². The van der Waals surface area contributed by atoms with E-state index in [0.717, 1.165) is 25.2 Å². The smallest absolute Gasteiger partial charge is 0.251 e. The summed E-state index contributed by atoms with van der Waals surface area (Å²) >= 11 is 0. The first-order chi connectivity index (χ1) is 13.0. The molecule has 9 heteroatoms. The number of nitrogens with zero attached hydrogens (tertiary/aromatic N) is 2. The van der Waals surface area contributed by atoms with E-state index in [4.69, 9.17) is 4.74 Å². The standard InChI is InChI=1S/C18H19F3N4O2/c19-13-1-2-14(17(21)16(13)20)24-15-11-12(3-4-22-15)18(26)23-5-6-25-7-9-27-10-8-25/h1-4,11H,5-10H2,(H,22,24)(H,23,26). The largest absolute Gasteiger partial charge is 0.379 e. The molecule has 0 spiro atoms. The minimum absolute atomic E-state index is 0.140. The number of anilines is 2. The van der Waals surface area contributed by atoms with E-state index in [9.17, 15) is 18.0 Å². The van der Waals surface area contributed by atoms with Gasteiger partial charge in [0.15, 0.2) is 17.5 Å². The second kappa shape index (κ2) is 8.83. The third-order valence-electron chi connectivity index (χ3n) is 4.14. The van der Waals surface area contributed by atoms with Crippen LogP contribution in [0.25, 0.3) is 0 Å². The molecule has 1 fully saturated rings. The second-order valence-corrected chi connectivity index (χ2v) is 5.99. The Bertz CT molecular complexity index is 813. The lowest BCUT2D eigenvalue weighted by Crippen LogP contribution is -2.41. The molecule has 2 aromatic rings. The quantitative estimate of drug-likeness (QED) is 0.753. The predicted octanol–water partition coefficient (Wildman–Crippen LogP) is 2.30. The van der Waals surface area contributed by atoms with E-state index in [-0.39, 0.29) is 17.4 Å². The number of carbonyl (C=O) groups is 1. The van der Waals surface area contributed by atoms with Crippen molar-refractivity contribution in [1.82, 2.24) is 15.2 Å². The zero-order valence-corrected chi connectivity index (χ0v) is 14.5. The van der Waals surface area contributed by atoms with Crippen LogP contribution in [-0.2, 0) is 4.74 Å². The van der Waals surface area contributed by atoms with Crippen LogP contribution in [0, 0.1) is 17.5 Å². The highest BCUT2D eigenvalue weighted by Crippen LogP contribution is 2.23. The Morgan fingerprint density at radius 2 is 1.93 bits per heavy atom. The summed E-state index contributed by atoms with van der Waals surface area (Å²) in [6.45, 7) is 4.23. The Hall–Kier alpha value is -2.65. The molecule has 0 unspecified atom stereocenters. The molecule has 1 aromatic heterocycles. The molecule has 6 nitrogen and oxygen atoms in total. The number of carbonyl (C=O) groups excluding carboxylic acids is 1. The maximum absolute atomic E-state index is 13.8. The highest BCUT2D eigenvalue weighted by molar-refractivity contribution is 5.94. The fourth-order valence-electron chi connectivity index (χ4n) is 2.65.